The Morgan fingerprint density at radius 3 is 2.48 bits per heavy atom. The summed E-state index contributed by atoms with van der Waals surface area (Å²) in [5, 5.41) is 2.95. The molecule has 0 saturated carbocycles. The van der Waals surface area contributed by atoms with Crippen molar-refractivity contribution in [3.8, 4) is 5.75 Å². The first-order valence-corrected chi connectivity index (χ1v) is 8.30. The Hall–Kier alpha value is -2.82. The molecule has 0 aliphatic carbocycles. The number of carbonyl (C=O) groups excluding carboxylic acids is 2. The van der Waals surface area contributed by atoms with Gasteiger partial charge in [0.15, 0.2) is 0 Å². The Kier molecular flexibility index (Phi) is 4.74. The van der Waals surface area contributed by atoms with E-state index in [1.165, 1.54) is 5.56 Å². The lowest BCUT2D eigenvalue weighted by atomic mass is 10.1. The third kappa shape index (κ3) is 3.65. The molecule has 1 heterocycles. The zero-order valence-corrected chi connectivity index (χ0v) is 14.7. The highest BCUT2D eigenvalue weighted by molar-refractivity contribution is 5.99. The molecular weight excluding hydrogens is 316 g/mol. The minimum atomic E-state index is -0.191. The maximum absolute atomic E-state index is 12.4. The molecule has 1 atom stereocenters. The number of carbonyl (C=O) groups is 2. The van der Waals surface area contributed by atoms with E-state index in [0.29, 0.717) is 24.3 Å². The fraction of sp³-hybridized carbons (Fsp3) is 0.300. The molecule has 1 fully saturated rings. The molecule has 0 spiro atoms. The second-order valence-corrected chi connectivity index (χ2v) is 6.38. The summed E-state index contributed by atoms with van der Waals surface area (Å²) in [5.74, 6) is 0.555. The number of anilines is 1. The van der Waals surface area contributed by atoms with Crippen LogP contribution in [-0.4, -0.2) is 31.5 Å². The Balaban J connectivity index is 1.67. The number of benzene rings is 2. The molecule has 0 bridgehead atoms. The van der Waals surface area contributed by atoms with Crippen LogP contribution in [0.2, 0.25) is 0 Å². The predicted octanol–water partition coefficient (Wildman–Crippen LogP) is 2.85. The average molecular weight is 338 g/mol. The molecule has 2 aromatic carbocycles. The van der Waals surface area contributed by atoms with Gasteiger partial charge in [-0.25, -0.2) is 0 Å². The van der Waals surface area contributed by atoms with Gasteiger partial charge in [-0.1, -0.05) is 6.07 Å². The molecular formula is C20H22N2O3. The molecule has 5 heteroatoms. The number of hydrogen-bond donors (Lipinski definition) is 1. The summed E-state index contributed by atoms with van der Waals surface area (Å²) in [6.45, 7) is 4.56. The fourth-order valence-electron chi connectivity index (χ4n) is 2.96. The average Bonchev–Trinajstić information content (AvgIpc) is 2.97. The number of nitrogens with one attached hydrogen (secondary N) is 1. The van der Waals surface area contributed by atoms with Crippen LogP contribution < -0.4 is 15.0 Å². The number of nitrogens with zero attached hydrogens (tertiary/aromatic N) is 1. The van der Waals surface area contributed by atoms with Crippen LogP contribution in [0.4, 0.5) is 5.69 Å². The summed E-state index contributed by atoms with van der Waals surface area (Å²) in [5.41, 5.74) is 3.78. The lowest BCUT2D eigenvalue weighted by Gasteiger charge is -2.18. The molecule has 2 amide bonds. The molecule has 1 aliphatic heterocycles. The number of methoxy groups -OCH3 is 1. The molecule has 1 aliphatic rings. The van der Waals surface area contributed by atoms with E-state index in [0.717, 1.165) is 11.3 Å². The van der Waals surface area contributed by atoms with Gasteiger partial charge in [-0.15, -0.1) is 0 Å². The SMILES string of the molecule is COc1ccc(C(=O)N[C@H]2CC(=O)N(c3ccc(C)c(C)c3)C2)cc1. The van der Waals surface area contributed by atoms with Gasteiger partial charge in [-0.2, -0.15) is 0 Å². The van der Waals surface area contributed by atoms with Crippen molar-refractivity contribution in [3.05, 3.63) is 59.2 Å². The fourth-order valence-corrected chi connectivity index (χ4v) is 2.96. The maximum atomic E-state index is 12.4. The molecule has 2 aromatic rings. The van der Waals surface area contributed by atoms with E-state index < -0.39 is 0 Å². The predicted molar refractivity (Wildman–Crippen MR) is 97.1 cm³/mol. The summed E-state index contributed by atoms with van der Waals surface area (Å²) in [4.78, 5) is 26.4. The molecule has 0 radical (unpaired) electrons. The number of rotatable bonds is 4. The van der Waals surface area contributed by atoms with Gasteiger partial charge in [-0.3, -0.25) is 9.59 Å². The van der Waals surface area contributed by atoms with Crippen molar-refractivity contribution in [1.29, 1.82) is 0 Å². The molecule has 130 valence electrons. The van der Waals surface area contributed by atoms with E-state index in [2.05, 4.69) is 5.32 Å². The molecule has 1 N–H and O–H groups in total. The highest BCUT2D eigenvalue weighted by atomic mass is 16.5. The standard InChI is InChI=1S/C20H22N2O3/c1-13-4-7-17(10-14(13)2)22-12-16(11-19(22)23)21-20(24)15-5-8-18(25-3)9-6-15/h4-10,16H,11-12H2,1-3H3,(H,21,24)/t16-/m0/s1. The van der Waals surface area contributed by atoms with Gasteiger partial charge >= 0.3 is 0 Å². The van der Waals surface area contributed by atoms with Gasteiger partial charge in [-0.05, 0) is 61.4 Å². The second-order valence-electron chi connectivity index (χ2n) is 6.38. The van der Waals surface area contributed by atoms with Crippen molar-refractivity contribution in [2.45, 2.75) is 26.3 Å². The summed E-state index contributed by atoms with van der Waals surface area (Å²) < 4.78 is 5.09. The third-order valence-electron chi connectivity index (χ3n) is 4.61. The summed E-state index contributed by atoms with van der Waals surface area (Å²) in [6.07, 6.45) is 0.314. The Bertz CT molecular complexity index is 799. The van der Waals surface area contributed by atoms with Gasteiger partial charge < -0.3 is 15.0 Å². The largest absolute Gasteiger partial charge is 0.497 e. The van der Waals surface area contributed by atoms with Gasteiger partial charge in [0.1, 0.15) is 5.75 Å². The van der Waals surface area contributed by atoms with E-state index in [1.807, 2.05) is 32.0 Å². The smallest absolute Gasteiger partial charge is 0.251 e. The minimum Gasteiger partial charge on any atom is -0.497 e. The van der Waals surface area contributed by atoms with E-state index in [4.69, 9.17) is 4.74 Å². The maximum Gasteiger partial charge on any atom is 0.251 e. The van der Waals surface area contributed by atoms with Crippen molar-refractivity contribution >= 4 is 17.5 Å². The van der Waals surface area contributed by atoms with Gasteiger partial charge in [0.25, 0.3) is 5.91 Å². The van der Waals surface area contributed by atoms with Crippen molar-refractivity contribution in [3.63, 3.8) is 0 Å². The Morgan fingerprint density at radius 1 is 1.12 bits per heavy atom. The second kappa shape index (κ2) is 6.97. The quantitative estimate of drug-likeness (QED) is 0.932. The molecule has 5 nitrogen and oxygen atoms in total. The molecule has 1 saturated heterocycles. The van der Waals surface area contributed by atoms with E-state index in [9.17, 15) is 9.59 Å². The summed E-state index contributed by atoms with van der Waals surface area (Å²) in [6, 6.07) is 12.7. The number of aryl methyl sites for hydroxylation is 2. The van der Waals surface area contributed by atoms with Gasteiger partial charge in [0, 0.05) is 24.2 Å². The zero-order valence-electron chi connectivity index (χ0n) is 14.7. The van der Waals surface area contributed by atoms with Crippen LogP contribution >= 0.6 is 0 Å². The van der Waals surface area contributed by atoms with E-state index in [-0.39, 0.29) is 17.9 Å². The van der Waals surface area contributed by atoms with Crippen molar-refractivity contribution in [2.75, 3.05) is 18.6 Å². The van der Waals surface area contributed by atoms with Crippen LogP contribution in [0.25, 0.3) is 0 Å². The van der Waals surface area contributed by atoms with Gasteiger partial charge in [0.05, 0.1) is 13.2 Å². The first kappa shape index (κ1) is 17.0. The van der Waals surface area contributed by atoms with Gasteiger partial charge in [0.2, 0.25) is 5.91 Å². The Labute approximate surface area is 147 Å². The van der Waals surface area contributed by atoms with Crippen LogP contribution in [0.3, 0.4) is 0 Å². The number of amides is 2. The normalized spacial score (nSPS) is 16.8. The lowest BCUT2D eigenvalue weighted by molar-refractivity contribution is -0.117. The number of hydrogen-bond acceptors (Lipinski definition) is 3. The summed E-state index contributed by atoms with van der Waals surface area (Å²) >= 11 is 0. The van der Waals surface area contributed by atoms with E-state index >= 15 is 0 Å². The minimum absolute atomic E-state index is 0.0308. The number of ether oxygens (including phenoxy) is 1. The molecule has 0 unspecified atom stereocenters. The van der Waals surface area contributed by atoms with Crippen molar-refractivity contribution < 1.29 is 14.3 Å². The molecule has 25 heavy (non-hydrogen) atoms. The third-order valence-corrected chi connectivity index (χ3v) is 4.61. The van der Waals surface area contributed by atoms with Crippen molar-refractivity contribution in [1.82, 2.24) is 5.32 Å². The van der Waals surface area contributed by atoms with Crippen LogP contribution in [0.15, 0.2) is 42.5 Å². The van der Waals surface area contributed by atoms with Crippen LogP contribution in [0.1, 0.15) is 27.9 Å². The van der Waals surface area contributed by atoms with Crippen LogP contribution in [-0.2, 0) is 4.79 Å². The Morgan fingerprint density at radius 2 is 1.84 bits per heavy atom. The first-order chi connectivity index (χ1) is 12.0. The highest BCUT2D eigenvalue weighted by Gasteiger charge is 2.31. The first-order valence-electron chi connectivity index (χ1n) is 8.30. The molecule has 3 rings (SSSR count). The topological polar surface area (TPSA) is 58.6 Å². The van der Waals surface area contributed by atoms with Crippen LogP contribution in [0.5, 0.6) is 5.75 Å². The molecule has 0 aromatic heterocycles. The lowest BCUT2D eigenvalue weighted by Crippen LogP contribution is -2.37. The highest BCUT2D eigenvalue weighted by Crippen LogP contribution is 2.24. The summed E-state index contributed by atoms with van der Waals surface area (Å²) in [7, 11) is 1.58. The van der Waals surface area contributed by atoms with Crippen molar-refractivity contribution in [2.24, 2.45) is 0 Å². The monoisotopic (exact) mass is 338 g/mol. The van der Waals surface area contributed by atoms with E-state index in [1.54, 1.807) is 36.3 Å². The van der Waals surface area contributed by atoms with Crippen LogP contribution in [0, 0.1) is 13.8 Å². The zero-order chi connectivity index (χ0) is 18.0.